The maximum absolute atomic E-state index is 12.7. The van der Waals surface area contributed by atoms with Crippen LogP contribution in [0.4, 0.5) is 5.69 Å². The van der Waals surface area contributed by atoms with Gasteiger partial charge in [-0.25, -0.2) is 0 Å². The number of carbonyl (C=O) groups is 2. The Labute approximate surface area is 171 Å². The minimum atomic E-state index is -0.246. The number of rotatable bonds is 4. The summed E-state index contributed by atoms with van der Waals surface area (Å²) in [6, 6.07) is 10.7. The van der Waals surface area contributed by atoms with Crippen LogP contribution in [0.1, 0.15) is 33.6 Å². The first-order valence-corrected chi connectivity index (χ1v) is 8.44. The van der Waals surface area contributed by atoms with Crippen molar-refractivity contribution in [3.63, 3.8) is 0 Å². The molecule has 1 fully saturated rings. The molecule has 0 bridgehead atoms. The second-order valence-corrected chi connectivity index (χ2v) is 6.17. The molecule has 1 saturated heterocycles. The van der Waals surface area contributed by atoms with Crippen LogP contribution in [-0.4, -0.2) is 47.9 Å². The van der Waals surface area contributed by atoms with Crippen molar-refractivity contribution in [2.24, 2.45) is 0 Å². The number of hydrogen-bond donors (Lipinski definition) is 2. The van der Waals surface area contributed by atoms with Crippen LogP contribution in [0, 0.1) is 0 Å². The van der Waals surface area contributed by atoms with Crippen LogP contribution in [-0.2, 0) is 0 Å². The average Bonchev–Trinajstić information content (AvgIpc) is 2.68. The summed E-state index contributed by atoms with van der Waals surface area (Å²) in [5.74, 6) is -0.270. The van der Waals surface area contributed by atoms with Crippen LogP contribution in [0.3, 0.4) is 0 Å². The van der Waals surface area contributed by atoms with Crippen LogP contribution in [0.2, 0.25) is 0 Å². The molecule has 0 saturated carbocycles. The third-order valence-corrected chi connectivity index (χ3v) is 4.47. The molecule has 0 spiro atoms. The smallest absolute Gasteiger partial charge is 0.257 e. The van der Waals surface area contributed by atoms with Gasteiger partial charge in [-0.2, -0.15) is 0 Å². The predicted molar refractivity (Wildman–Crippen MR) is 111 cm³/mol. The van der Waals surface area contributed by atoms with Crippen molar-refractivity contribution in [3.05, 3.63) is 59.9 Å². The fourth-order valence-corrected chi connectivity index (χ4v) is 2.99. The number of piperidine rings is 1. The summed E-state index contributed by atoms with van der Waals surface area (Å²) >= 11 is 0. The number of benzene rings is 1. The Kier molecular flexibility index (Phi) is 9.21. The molecule has 2 amide bonds. The van der Waals surface area contributed by atoms with Crippen LogP contribution in [0.25, 0.3) is 0 Å². The number of pyridine rings is 1. The third-order valence-electron chi connectivity index (χ3n) is 4.47. The van der Waals surface area contributed by atoms with E-state index in [1.54, 1.807) is 42.6 Å². The first-order chi connectivity index (χ1) is 12.1. The van der Waals surface area contributed by atoms with Crippen LogP contribution >= 0.6 is 24.8 Å². The Morgan fingerprint density at radius 2 is 1.81 bits per heavy atom. The van der Waals surface area contributed by atoms with Gasteiger partial charge < -0.3 is 15.5 Å². The molecule has 2 heterocycles. The summed E-state index contributed by atoms with van der Waals surface area (Å²) < 4.78 is 0. The molecule has 0 atom stereocenters. The van der Waals surface area contributed by atoms with E-state index in [1.807, 2.05) is 11.9 Å². The van der Waals surface area contributed by atoms with Crippen LogP contribution in [0.5, 0.6) is 0 Å². The van der Waals surface area contributed by atoms with E-state index >= 15 is 0 Å². The molecule has 146 valence electrons. The number of carbonyl (C=O) groups excluding carboxylic acids is 2. The average molecular weight is 411 g/mol. The Morgan fingerprint density at radius 3 is 2.48 bits per heavy atom. The van der Waals surface area contributed by atoms with Gasteiger partial charge in [0.25, 0.3) is 11.8 Å². The highest BCUT2D eigenvalue weighted by molar-refractivity contribution is 6.04. The minimum Gasteiger partial charge on any atom is -0.339 e. The fraction of sp³-hybridized carbons (Fsp3) is 0.316. The van der Waals surface area contributed by atoms with E-state index in [1.165, 1.54) is 6.20 Å². The van der Waals surface area contributed by atoms with E-state index in [-0.39, 0.29) is 42.7 Å². The molecule has 0 radical (unpaired) electrons. The van der Waals surface area contributed by atoms with E-state index in [9.17, 15) is 9.59 Å². The predicted octanol–water partition coefficient (Wildman–Crippen LogP) is 3.00. The lowest BCUT2D eigenvalue weighted by Crippen LogP contribution is -2.43. The van der Waals surface area contributed by atoms with E-state index in [4.69, 9.17) is 0 Å². The van der Waals surface area contributed by atoms with Gasteiger partial charge in [0.15, 0.2) is 0 Å². The Balaban J connectivity index is 0.00000182. The van der Waals surface area contributed by atoms with Crippen molar-refractivity contribution in [3.8, 4) is 0 Å². The highest BCUT2D eigenvalue weighted by atomic mass is 35.5. The summed E-state index contributed by atoms with van der Waals surface area (Å²) in [5, 5.41) is 6.12. The summed E-state index contributed by atoms with van der Waals surface area (Å²) in [4.78, 5) is 30.7. The molecule has 0 unspecified atom stereocenters. The van der Waals surface area contributed by atoms with Crippen molar-refractivity contribution in [1.29, 1.82) is 0 Å². The van der Waals surface area contributed by atoms with E-state index < -0.39 is 0 Å². The van der Waals surface area contributed by atoms with Crippen molar-refractivity contribution in [1.82, 2.24) is 15.2 Å². The minimum absolute atomic E-state index is 0. The third kappa shape index (κ3) is 5.92. The molecule has 27 heavy (non-hydrogen) atoms. The molecule has 1 aliphatic heterocycles. The summed E-state index contributed by atoms with van der Waals surface area (Å²) in [6.07, 6.45) is 5.04. The number of anilines is 1. The van der Waals surface area contributed by atoms with Gasteiger partial charge in [0.05, 0.1) is 5.56 Å². The Bertz CT molecular complexity index is 752. The first-order valence-electron chi connectivity index (χ1n) is 8.44. The van der Waals surface area contributed by atoms with Crippen LogP contribution in [0.15, 0.2) is 48.8 Å². The van der Waals surface area contributed by atoms with Gasteiger partial charge in [-0.05, 0) is 56.3 Å². The summed E-state index contributed by atoms with van der Waals surface area (Å²) in [5.41, 5.74) is 1.65. The zero-order valence-corrected chi connectivity index (χ0v) is 16.7. The molecule has 3 rings (SSSR count). The summed E-state index contributed by atoms with van der Waals surface area (Å²) in [6.45, 7) is 1.87. The molecular weight excluding hydrogens is 387 g/mol. The van der Waals surface area contributed by atoms with Gasteiger partial charge in [0, 0.05) is 36.7 Å². The van der Waals surface area contributed by atoms with E-state index in [2.05, 4.69) is 15.6 Å². The lowest BCUT2D eigenvalue weighted by molar-refractivity contribution is 0.0703. The molecule has 1 aromatic carbocycles. The number of aromatic nitrogens is 1. The lowest BCUT2D eigenvalue weighted by Gasteiger charge is -2.31. The van der Waals surface area contributed by atoms with Crippen molar-refractivity contribution in [2.75, 3.05) is 25.5 Å². The van der Waals surface area contributed by atoms with E-state index in [0.717, 1.165) is 25.9 Å². The molecule has 1 aromatic heterocycles. The quantitative estimate of drug-likeness (QED) is 0.811. The van der Waals surface area contributed by atoms with Gasteiger partial charge in [-0.1, -0.05) is 6.07 Å². The summed E-state index contributed by atoms with van der Waals surface area (Å²) in [7, 11) is 1.85. The standard InChI is InChI=1S/C19H22N4O2.2ClH/c1-23(17-7-10-20-11-8-17)19(25)14-4-2-6-16(12-14)22-18(24)15-5-3-9-21-13-15;;/h2-6,9,12-13,17,20H,7-8,10-11H2,1H3,(H,22,24);2*1H. The highest BCUT2D eigenvalue weighted by Crippen LogP contribution is 2.17. The Morgan fingerprint density at radius 1 is 1.11 bits per heavy atom. The molecule has 1 aliphatic rings. The first kappa shape index (κ1) is 22.9. The van der Waals surface area contributed by atoms with Gasteiger partial charge in [-0.15, -0.1) is 24.8 Å². The zero-order valence-electron chi connectivity index (χ0n) is 15.1. The number of halogens is 2. The lowest BCUT2D eigenvalue weighted by atomic mass is 10.0. The number of nitrogens with zero attached hydrogens (tertiary/aromatic N) is 2. The van der Waals surface area contributed by atoms with Crippen LogP contribution < -0.4 is 10.6 Å². The molecule has 2 N–H and O–H groups in total. The normalized spacial score (nSPS) is 13.7. The maximum atomic E-state index is 12.7. The van der Waals surface area contributed by atoms with Crippen molar-refractivity contribution >= 4 is 42.3 Å². The van der Waals surface area contributed by atoms with Gasteiger partial charge in [0.2, 0.25) is 0 Å². The highest BCUT2D eigenvalue weighted by Gasteiger charge is 2.23. The van der Waals surface area contributed by atoms with Gasteiger partial charge >= 0.3 is 0 Å². The topological polar surface area (TPSA) is 74.3 Å². The van der Waals surface area contributed by atoms with Crippen molar-refractivity contribution < 1.29 is 9.59 Å². The van der Waals surface area contributed by atoms with E-state index in [0.29, 0.717) is 16.8 Å². The second kappa shape index (κ2) is 10.9. The number of amides is 2. The number of nitrogens with one attached hydrogen (secondary N) is 2. The maximum Gasteiger partial charge on any atom is 0.257 e. The van der Waals surface area contributed by atoms with Crippen molar-refractivity contribution in [2.45, 2.75) is 18.9 Å². The molecule has 8 heteroatoms. The molecule has 0 aliphatic carbocycles. The number of hydrogen-bond acceptors (Lipinski definition) is 4. The fourth-order valence-electron chi connectivity index (χ4n) is 2.99. The molecule has 6 nitrogen and oxygen atoms in total. The zero-order chi connectivity index (χ0) is 17.6. The monoisotopic (exact) mass is 410 g/mol. The Hall–Kier alpha value is -2.15. The van der Waals surface area contributed by atoms with Gasteiger partial charge in [-0.3, -0.25) is 14.6 Å². The SMILES string of the molecule is CN(C(=O)c1cccc(NC(=O)c2cccnc2)c1)C1CCNCC1.Cl.Cl. The largest absolute Gasteiger partial charge is 0.339 e. The molecule has 2 aromatic rings. The second-order valence-electron chi connectivity index (χ2n) is 6.17. The van der Waals surface area contributed by atoms with Gasteiger partial charge in [0.1, 0.15) is 0 Å². The molecular formula is C19H24Cl2N4O2.